The summed E-state index contributed by atoms with van der Waals surface area (Å²) >= 11 is 0. The van der Waals surface area contributed by atoms with Gasteiger partial charge in [0.2, 0.25) is 0 Å². The lowest BCUT2D eigenvalue weighted by Gasteiger charge is -2.16. The maximum absolute atomic E-state index is 11.1. The van der Waals surface area contributed by atoms with E-state index in [4.69, 9.17) is 5.73 Å². The molecule has 0 aromatic carbocycles. The number of nitrogens with one attached hydrogen (secondary N) is 1. The lowest BCUT2D eigenvalue weighted by Crippen LogP contribution is -2.34. The first-order valence-corrected chi connectivity index (χ1v) is 5.40. The van der Waals surface area contributed by atoms with Crippen molar-refractivity contribution in [3.63, 3.8) is 0 Å². The molecule has 1 rings (SSSR count). The predicted molar refractivity (Wildman–Crippen MR) is 51.6 cm³/mol. The number of carbonyl (C=O) groups is 1. The largest absolute Gasteiger partial charge is 0.364 e. The second-order valence-electron chi connectivity index (χ2n) is 3.17. The van der Waals surface area contributed by atoms with Crippen molar-refractivity contribution in [2.75, 3.05) is 0 Å². The zero-order valence-corrected chi connectivity index (χ0v) is 8.63. The normalized spacial score (nSPS) is 19.6. The Kier molecular flexibility index (Phi) is 2.61. The number of amides is 1. The molecule has 1 heterocycles. The third kappa shape index (κ3) is 2.32. The van der Waals surface area contributed by atoms with E-state index in [2.05, 4.69) is 9.12 Å². The molecule has 78 valence electrons. The van der Waals surface area contributed by atoms with Crippen molar-refractivity contribution < 1.29 is 13.2 Å². The highest BCUT2D eigenvalue weighted by atomic mass is 32.2. The first kappa shape index (κ1) is 10.7. The number of primary amides is 1. The molecular formula is C7H11N3O3S. The van der Waals surface area contributed by atoms with Crippen LogP contribution in [0.1, 0.15) is 13.8 Å². The van der Waals surface area contributed by atoms with E-state index in [0.717, 1.165) is 0 Å². The molecule has 1 aliphatic heterocycles. The molecule has 0 atom stereocenters. The molecule has 0 aromatic heterocycles. The van der Waals surface area contributed by atoms with Gasteiger partial charge in [-0.2, -0.15) is 8.42 Å². The quantitative estimate of drug-likeness (QED) is 0.639. The second kappa shape index (κ2) is 3.41. The number of nitrogens with zero attached hydrogens (tertiary/aromatic N) is 1. The Bertz CT molecular complexity index is 419. The van der Waals surface area contributed by atoms with Crippen molar-refractivity contribution >= 4 is 21.8 Å². The van der Waals surface area contributed by atoms with Crippen LogP contribution >= 0.6 is 0 Å². The Hall–Kier alpha value is -1.37. The third-order valence-corrected chi connectivity index (χ3v) is 2.56. The van der Waals surface area contributed by atoms with Gasteiger partial charge in [-0.15, -0.1) is 4.40 Å². The van der Waals surface area contributed by atoms with Gasteiger partial charge in [-0.25, -0.2) is 0 Å². The molecule has 14 heavy (non-hydrogen) atoms. The molecule has 0 aliphatic carbocycles. The predicted octanol–water partition coefficient (Wildman–Crippen LogP) is -0.699. The van der Waals surface area contributed by atoms with E-state index in [9.17, 15) is 13.2 Å². The van der Waals surface area contributed by atoms with Crippen LogP contribution in [0.15, 0.2) is 16.2 Å². The van der Waals surface area contributed by atoms with Gasteiger partial charge < -0.3 is 5.73 Å². The maximum atomic E-state index is 11.1. The van der Waals surface area contributed by atoms with Crippen LogP contribution in [0.2, 0.25) is 0 Å². The zero-order chi connectivity index (χ0) is 10.9. The maximum Gasteiger partial charge on any atom is 0.342 e. The summed E-state index contributed by atoms with van der Waals surface area (Å²) in [6, 6.07) is 0. The van der Waals surface area contributed by atoms with Crippen LogP contribution in [0.3, 0.4) is 0 Å². The van der Waals surface area contributed by atoms with Crippen LogP contribution in [0.25, 0.3) is 0 Å². The standard InChI is InChI=1S/C7H11N3O3S/c1-4(2)5-3-6(7(8)11)10-14(12,13)9-5/h3-4,9H,1-2H3,(H2,8,11). The highest BCUT2D eigenvalue weighted by molar-refractivity contribution is 7.88. The summed E-state index contributed by atoms with van der Waals surface area (Å²) < 4.78 is 27.7. The van der Waals surface area contributed by atoms with Crippen molar-refractivity contribution in [3.05, 3.63) is 11.8 Å². The minimum atomic E-state index is -3.80. The first-order chi connectivity index (χ1) is 6.32. The van der Waals surface area contributed by atoms with Crippen molar-refractivity contribution in [2.45, 2.75) is 13.8 Å². The third-order valence-electron chi connectivity index (χ3n) is 1.63. The van der Waals surface area contributed by atoms with Gasteiger partial charge in [-0.3, -0.25) is 9.52 Å². The smallest absolute Gasteiger partial charge is 0.342 e. The van der Waals surface area contributed by atoms with Crippen LogP contribution in [-0.4, -0.2) is 20.0 Å². The van der Waals surface area contributed by atoms with Crippen molar-refractivity contribution in [1.82, 2.24) is 4.72 Å². The molecule has 0 spiro atoms. The summed E-state index contributed by atoms with van der Waals surface area (Å²) in [5.74, 6) is -0.900. The van der Waals surface area contributed by atoms with Gasteiger partial charge in [-0.05, 0) is 12.0 Å². The van der Waals surface area contributed by atoms with E-state index in [-0.39, 0.29) is 11.6 Å². The molecule has 0 saturated heterocycles. The molecular weight excluding hydrogens is 206 g/mol. The number of carbonyl (C=O) groups excluding carboxylic acids is 1. The summed E-state index contributed by atoms with van der Waals surface area (Å²) in [7, 11) is -3.80. The van der Waals surface area contributed by atoms with Gasteiger partial charge >= 0.3 is 10.2 Å². The Morgan fingerprint density at radius 1 is 1.57 bits per heavy atom. The average molecular weight is 217 g/mol. The Balaban J connectivity index is 3.18. The van der Waals surface area contributed by atoms with Crippen LogP contribution in [0.4, 0.5) is 0 Å². The lowest BCUT2D eigenvalue weighted by atomic mass is 10.1. The van der Waals surface area contributed by atoms with E-state index in [0.29, 0.717) is 5.70 Å². The van der Waals surface area contributed by atoms with Gasteiger partial charge in [0.15, 0.2) is 0 Å². The van der Waals surface area contributed by atoms with Gasteiger partial charge in [0.05, 0.1) is 0 Å². The van der Waals surface area contributed by atoms with E-state index >= 15 is 0 Å². The molecule has 3 N–H and O–H groups in total. The highest BCUT2D eigenvalue weighted by Gasteiger charge is 2.21. The molecule has 0 bridgehead atoms. The van der Waals surface area contributed by atoms with E-state index in [1.807, 2.05) is 0 Å². The molecule has 0 aromatic rings. The van der Waals surface area contributed by atoms with Crippen molar-refractivity contribution in [3.8, 4) is 0 Å². The summed E-state index contributed by atoms with van der Waals surface area (Å²) in [5.41, 5.74) is 5.11. The van der Waals surface area contributed by atoms with Gasteiger partial charge in [-0.1, -0.05) is 13.8 Å². The minimum Gasteiger partial charge on any atom is -0.364 e. The first-order valence-electron chi connectivity index (χ1n) is 3.96. The van der Waals surface area contributed by atoms with Gasteiger partial charge in [0, 0.05) is 5.70 Å². The fourth-order valence-electron chi connectivity index (χ4n) is 0.905. The molecule has 0 radical (unpaired) electrons. The molecule has 0 unspecified atom stereocenters. The van der Waals surface area contributed by atoms with Crippen LogP contribution in [0, 0.1) is 5.92 Å². The Morgan fingerprint density at radius 3 is 2.57 bits per heavy atom. The molecule has 1 amide bonds. The fourth-order valence-corrected chi connectivity index (χ4v) is 1.94. The Labute approximate surface area is 82.1 Å². The van der Waals surface area contributed by atoms with Crippen molar-refractivity contribution in [1.29, 1.82) is 0 Å². The average Bonchev–Trinajstić information content (AvgIpc) is 2.01. The number of rotatable bonds is 2. The van der Waals surface area contributed by atoms with E-state index in [1.54, 1.807) is 13.8 Å². The number of allylic oxidation sites excluding steroid dienone is 1. The van der Waals surface area contributed by atoms with Crippen LogP contribution in [-0.2, 0) is 15.0 Å². The zero-order valence-electron chi connectivity index (χ0n) is 7.81. The van der Waals surface area contributed by atoms with E-state index in [1.165, 1.54) is 6.08 Å². The van der Waals surface area contributed by atoms with Crippen LogP contribution < -0.4 is 10.5 Å². The second-order valence-corrected chi connectivity index (χ2v) is 4.51. The summed E-state index contributed by atoms with van der Waals surface area (Å²) in [5, 5.41) is 0. The number of hydrogen-bond donors (Lipinski definition) is 2. The minimum absolute atomic E-state index is 0.0466. The molecule has 6 nitrogen and oxygen atoms in total. The van der Waals surface area contributed by atoms with Crippen molar-refractivity contribution in [2.24, 2.45) is 16.0 Å². The van der Waals surface area contributed by atoms with E-state index < -0.39 is 16.1 Å². The Morgan fingerprint density at radius 2 is 2.14 bits per heavy atom. The summed E-state index contributed by atoms with van der Waals surface area (Å²) in [6.07, 6.45) is 1.34. The van der Waals surface area contributed by atoms with Gasteiger partial charge in [0.25, 0.3) is 5.91 Å². The number of nitrogens with two attached hydrogens (primary N) is 1. The summed E-state index contributed by atoms with van der Waals surface area (Å²) in [4.78, 5) is 10.8. The molecule has 0 saturated carbocycles. The van der Waals surface area contributed by atoms with Crippen LogP contribution in [0.5, 0.6) is 0 Å². The molecule has 1 aliphatic rings. The number of hydrogen-bond acceptors (Lipinski definition) is 3. The fraction of sp³-hybridized carbons (Fsp3) is 0.429. The topological polar surface area (TPSA) is 102 Å². The lowest BCUT2D eigenvalue weighted by molar-refractivity contribution is -0.111. The monoisotopic (exact) mass is 217 g/mol. The molecule has 7 heteroatoms. The van der Waals surface area contributed by atoms with Gasteiger partial charge in [0.1, 0.15) is 5.71 Å². The molecule has 0 fully saturated rings. The highest BCUT2D eigenvalue weighted by Crippen LogP contribution is 2.12. The SMILES string of the molecule is CC(C)C1=CC(C(N)=O)=NS(=O)(=O)N1. The summed E-state index contributed by atoms with van der Waals surface area (Å²) in [6.45, 7) is 3.58.